The Morgan fingerprint density at radius 3 is 2.67 bits per heavy atom. The van der Waals surface area contributed by atoms with Gasteiger partial charge in [0.05, 0.1) is 17.8 Å². The zero-order valence-corrected chi connectivity index (χ0v) is 9.48. The first-order valence-corrected chi connectivity index (χ1v) is 5.37. The van der Waals surface area contributed by atoms with Gasteiger partial charge in [0, 0.05) is 12.7 Å². The van der Waals surface area contributed by atoms with Crippen LogP contribution < -0.4 is 5.73 Å². The molecule has 0 atom stereocenters. The van der Waals surface area contributed by atoms with Gasteiger partial charge in [0.25, 0.3) is 0 Å². The second-order valence-corrected chi connectivity index (χ2v) is 3.88. The van der Waals surface area contributed by atoms with Gasteiger partial charge in [0.2, 0.25) is 0 Å². The largest absolute Gasteiger partial charge is 0.416 e. The molecule has 0 fully saturated rings. The van der Waals surface area contributed by atoms with Gasteiger partial charge in [-0.25, -0.2) is 0 Å². The first kappa shape index (κ1) is 12.6. The average Bonchev–Trinajstić information content (AvgIpc) is 2.75. The van der Waals surface area contributed by atoms with Crippen molar-refractivity contribution in [1.82, 2.24) is 9.78 Å². The molecule has 3 nitrogen and oxygen atoms in total. The minimum absolute atomic E-state index is 0.281. The van der Waals surface area contributed by atoms with Crippen molar-refractivity contribution in [3.05, 3.63) is 53.3 Å². The highest BCUT2D eigenvalue weighted by atomic mass is 19.4. The molecular weight excluding hydrogens is 243 g/mol. The molecule has 1 heterocycles. The van der Waals surface area contributed by atoms with E-state index in [0.717, 1.165) is 17.8 Å². The van der Waals surface area contributed by atoms with Crippen LogP contribution in [0.2, 0.25) is 0 Å². The second-order valence-electron chi connectivity index (χ2n) is 3.88. The number of aromatic nitrogens is 2. The summed E-state index contributed by atoms with van der Waals surface area (Å²) < 4.78 is 39.2. The molecule has 0 aliphatic heterocycles. The minimum Gasteiger partial charge on any atom is -0.325 e. The van der Waals surface area contributed by atoms with Crippen LogP contribution in [-0.4, -0.2) is 9.78 Å². The predicted molar refractivity (Wildman–Crippen MR) is 60.7 cm³/mol. The van der Waals surface area contributed by atoms with Crippen LogP contribution in [0.4, 0.5) is 13.2 Å². The van der Waals surface area contributed by atoms with Crippen molar-refractivity contribution >= 4 is 0 Å². The van der Waals surface area contributed by atoms with Crippen molar-refractivity contribution in [3.63, 3.8) is 0 Å². The van der Waals surface area contributed by atoms with Crippen LogP contribution in [0.25, 0.3) is 0 Å². The van der Waals surface area contributed by atoms with Gasteiger partial charge < -0.3 is 5.73 Å². The van der Waals surface area contributed by atoms with Crippen LogP contribution in [0.1, 0.15) is 16.8 Å². The predicted octanol–water partition coefficient (Wildman–Crippen LogP) is 2.41. The third-order valence-corrected chi connectivity index (χ3v) is 2.60. The number of rotatable bonds is 3. The van der Waals surface area contributed by atoms with Crippen molar-refractivity contribution in [1.29, 1.82) is 0 Å². The standard InChI is InChI=1S/C12H12F3N3/c13-12(14,15)10-3-1-2-9(6-10)8-18-11(7-16)4-5-17-18/h1-6H,7-8,16H2. The van der Waals surface area contributed by atoms with Gasteiger partial charge >= 0.3 is 6.18 Å². The van der Waals surface area contributed by atoms with Gasteiger partial charge in [0.1, 0.15) is 0 Å². The number of nitrogens with two attached hydrogens (primary N) is 1. The first-order valence-electron chi connectivity index (χ1n) is 5.37. The van der Waals surface area contributed by atoms with Crippen molar-refractivity contribution in [3.8, 4) is 0 Å². The van der Waals surface area contributed by atoms with Crippen LogP contribution in [0, 0.1) is 0 Å². The highest BCUT2D eigenvalue weighted by Gasteiger charge is 2.30. The third-order valence-electron chi connectivity index (χ3n) is 2.60. The summed E-state index contributed by atoms with van der Waals surface area (Å²) in [6, 6.07) is 6.95. The van der Waals surface area contributed by atoms with Crippen LogP contribution >= 0.6 is 0 Å². The summed E-state index contributed by atoms with van der Waals surface area (Å²) in [5.41, 5.74) is 6.18. The lowest BCUT2D eigenvalue weighted by molar-refractivity contribution is -0.137. The minimum atomic E-state index is -4.32. The Bertz CT molecular complexity index is 531. The summed E-state index contributed by atoms with van der Waals surface area (Å²) in [5, 5.41) is 4.03. The number of hydrogen-bond acceptors (Lipinski definition) is 2. The fourth-order valence-electron chi connectivity index (χ4n) is 1.69. The Kier molecular flexibility index (Phi) is 3.38. The summed E-state index contributed by atoms with van der Waals surface area (Å²) in [6.07, 6.45) is -2.74. The van der Waals surface area contributed by atoms with E-state index in [1.165, 1.54) is 6.07 Å². The van der Waals surface area contributed by atoms with E-state index in [1.807, 2.05) is 0 Å². The van der Waals surface area contributed by atoms with Crippen molar-refractivity contribution < 1.29 is 13.2 Å². The molecule has 2 aromatic rings. The molecule has 0 saturated carbocycles. The molecule has 0 spiro atoms. The lowest BCUT2D eigenvalue weighted by Crippen LogP contribution is -2.11. The second kappa shape index (κ2) is 4.81. The quantitative estimate of drug-likeness (QED) is 0.915. The number of halogens is 3. The average molecular weight is 255 g/mol. The molecule has 0 radical (unpaired) electrons. The van der Waals surface area contributed by atoms with Gasteiger partial charge in [-0.3, -0.25) is 4.68 Å². The molecule has 2 N–H and O–H groups in total. The molecule has 0 unspecified atom stereocenters. The molecule has 18 heavy (non-hydrogen) atoms. The summed E-state index contributed by atoms with van der Waals surface area (Å²) in [7, 11) is 0. The Hall–Kier alpha value is -1.82. The molecule has 0 bridgehead atoms. The van der Waals surface area contributed by atoms with Crippen LogP contribution in [0.5, 0.6) is 0 Å². The van der Waals surface area contributed by atoms with E-state index < -0.39 is 11.7 Å². The topological polar surface area (TPSA) is 43.8 Å². The van der Waals surface area contributed by atoms with E-state index >= 15 is 0 Å². The van der Waals surface area contributed by atoms with Crippen molar-refractivity contribution in [2.45, 2.75) is 19.3 Å². The maximum Gasteiger partial charge on any atom is 0.416 e. The molecule has 0 saturated heterocycles. The summed E-state index contributed by atoms with van der Waals surface area (Å²) >= 11 is 0. The van der Waals surface area contributed by atoms with E-state index in [-0.39, 0.29) is 6.54 Å². The van der Waals surface area contributed by atoms with E-state index in [2.05, 4.69) is 5.10 Å². The third kappa shape index (κ3) is 2.70. The van der Waals surface area contributed by atoms with Crippen molar-refractivity contribution in [2.24, 2.45) is 5.73 Å². The zero-order valence-electron chi connectivity index (χ0n) is 9.48. The highest BCUT2D eigenvalue weighted by Crippen LogP contribution is 2.29. The highest BCUT2D eigenvalue weighted by molar-refractivity contribution is 5.26. The summed E-state index contributed by atoms with van der Waals surface area (Å²) in [6.45, 7) is 0.586. The molecule has 0 aliphatic carbocycles. The smallest absolute Gasteiger partial charge is 0.325 e. The molecule has 96 valence electrons. The number of hydrogen-bond donors (Lipinski definition) is 1. The molecule has 0 aliphatic rings. The van der Waals surface area contributed by atoms with E-state index in [1.54, 1.807) is 23.0 Å². The monoisotopic (exact) mass is 255 g/mol. The maximum atomic E-state index is 12.5. The van der Waals surface area contributed by atoms with E-state index in [4.69, 9.17) is 5.73 Å². The van der Waals surface area contributed by atoms with Gasteiger partial charge in [-0.1, -0.05) is 12.1 Å². The fourth-order valence-corrected chi connectivity index (χ4v) is 1.69. The Labute approximate surface area is 102 Å². The Balaban J connectivity index is 2.25. The molecular formula is C12H12F3N3. The van der Waals surface area contributed by atoms with Crippen LogP contribution in [0.15, 0.2) is 36.5 Å². The van der Waals surface area contributed by atoms with Gasteiger partial charge in [-0.15, -0.1) is 0 Å². The maximum absolute atomic E-state index is 12.5. The fraction of sp³-hybridized carbons (Fsp3) is 0.250. The molecule has 2 rings (SSSR count). The number of nitrogens with zero attached hydrogens (tertiary/aromatic N) is 2. The Morgan fingerprint density at radius 1 is 1.22 bits per heavy atom. The summed E-state index contributed by atoms with van der Waals surface area (Å²) in [5.74, 6) is 0. The van der Waals surface area contributed by atoms with Crippen LogP contribution in [-0.2, 0) is 19.3 Å². The molecule has 6 heteroatoms. The normalized spacial score (nSPS) is 11.8. The van der Waals surface area contributed by atoms with E-state index in [0.29, 0.717) is 12.1 Å². The molecule has 0 amide bonds. The SMILES string of the molecule is NCc1ccnn1Cc1cccc(C(F)(F)F)c1. The van der Waals surface area contributed by atoms with Crippen LogP contribution in [0.3, 0.4) is 0 Å². The van der Waals surface area contributed by atoms with E-state index in [9.17, 15) is 13.2 Å². The van der Waals surface area contributed by atoms with Gasteiger partial charge in [-0.05, 0) is 23.8 Å². The zero-order chi connectivity index (χ0) is 13.2. The van der Waals surface area contributed by atoms with Crippen molar-refractivity contribution in [2.75, 3.05) is 0 Å². The number of alkyl halides is 3. The number of benzene rings is 1. The first-order chi connectivity index (χ1) is 8.50. The molecule has 1 aromatic heterocycles. The lowest BCUT2D eigenvalue weighted by atomic mass is 10.1. The Morgan fingerprint density at radius 2 is 2.00 bits per heavy atom. The van der Waals surface area contributed by atoms with Gasteiger partial charge in [0.15, 0.2) is 0 Å². The molecule has 1 aromatic carbocycles. The summed E-state index contributed by atoms with van der Waals surface area (Å²) in [4.78, 5) is 0. The lowest BCUT2D eigenvalue weighted by Gasteiger charge is -2.10. The van der Waals surface area contributed by atoms with Gasteiger partial charge in [-0.2, -0.15) is 18.3 Å².